The second kappa shape index (κ2) is 7.99. The number of nitro benzene ring substituents is 1. The van der Waals surface area contributed by atoms with Crippen LogP contribution in [0.15, 0.2) is 53.4 Å². The summed E-state index contributed by atoms with van der Waals surface area (Å²) >= 11 is 1.25. The fourth-order valence-corrected chi connectivity index (χ4v) is 3.11. The molecular weight excluding hydrogens is 366 g/mol. The first-order valence-corrected chi connectivity index (χ1v) is 9.85. The van der Waals surface area contributed by atoms with Crippen molar-refractivity contribution in [2.24, 2.45) is 0 Å². The van der Waals surface area contributed by atoms with E-state index < -0.39 is 14.9 Å². The third-order valence-corrected chi connectivity index (χ3v) is 4.51. The lowest BCUT2D eigenvalue weighted by Gasteiger charge is -2.07. The fourth-order valence-electron chi connectivity index (χ4n) is 1.85. The van der Waals surface area contributed by atoms with Crippen LogP contribution in [0.25, 0.3) is 0 Å². The number of nitro groups is 1. The zero-order valence-electron chi connectivity index (χ0n) is 13.1. The average Bonchev–Trinajstić information content (AvgIpc) is 2.54. The van der Waals surface area contributed by atoms with Crippen molar-refractivity contribution in [2.75, 3.05) is 22.0 Å². The topological polar surface area (TPSA) is 118 Å². The van der Waals surface area contributed by atoms with Gasteiger partial charge in [0.2, 0.25) is 15.9 Å². The Balaban J connectivity index is 1.86. The lowest BCUT2D eigenvalue weighted by atomic mass is 10.3. The van der Waals surface area contributed by atoms with E-state index in [0.29, 0.717) is 11.4 Å². The van der Waals surface area contributed by atoms with Crippen LogP contribution in [0.4, 0.5) is 17.1 Å². The molecule has 0 aromatic heterocycles. The third-order valence-electron chi connectivity index (χ3n) is 2.89. The molecule has 0 unspecified atom stereocenters. The van der Waals surface area contributed by atoms with Crippen LogP contribution in [0.5, 0.6) is 0 Å². The number of anilines is 2. The number of carbonyl (C=O) groups is 1. The van der Waals surface area contributed by atoms with Crippen molar-refractivity contribution < 1.29 is 18.1 Å². The van der Waals surface area contributed by atoms with Crippen LogP contribution in [0.2, 0.25) is 0 Å². The number of rotatable bonds is 7. The van der Waals surface area contributed by atoms with E-state index in [9.17, 15) is 23.3 Å². The van der Waals surface area contributed by atoms with Gasteiger partial charge in [-0.05, 0) is 36.4 Å². The smallest absolute Gasteiger partial charge is 0.269 e. The molecule has 0 heterocycles. The average molecular weight is 381 g/mol. The lowest BCUT2D eigenvalue weighted by molar-refractivity contribution is -0.384. The van der Waals surface area contributed by atoms with Crippen LogP contribution in [0.1, 0.15) is 0 Å². The maximum Gasteiger partial charge on any atom is 0.269 e. The van der Waals surface area contributed by atoms with Gasteiger partial charge in [-0.25, -0.2) is 8.42 Å². The molecule has 10 heteroatoms. The summed E-state index contributed by atoms with van der Waals surface area (Å²) in [5, 5.41) is 13.3. The number of hydrogen-bond donors (Lipinski definition) is 2. The number of thioether (sulfide) groups is 1. The Labute approximate surface area is 148 Å². The van der Waals surface area contributed by atoms with Gasteiger partial charge in [0, 0.05) is 28.4 Å². The Kier molecular flexibility index (Phi) is 5.99. The van der Waals surface area contributed by atoms with Gasteiger partial charge in [-0.1, -0.05) is 0 Å². The molecule has 0 aliphatic heterocycles. The molecule has 1 amide bonds. The van der Waals surface area contributed by atoms with Crippen LogP contribution < -0.4 is 10.0 Å². The molecule has 0 fully saturated rings. The monoisotopic (exact) mass is 381 g/mol. The van der Waals surface area contributed by atoms with Crippen LogP contribution in [0.3, 0.4) is 0 Å². The molecule has 0 radical (unpaired) electrons. The lowest BCUT2D eigenvalue weighted by Crippen LogP contribution is -2.14. The van der Waals surface area contributed by atoms with Gasteiger partial charge in [0.15, 0.2) is 0 Å². The number of carbonyl (C=O) groups excluding carboxylic acids is 1. The third kappa shape index (κ3) is 6.43. The van der Waals surface area contributed by atoms with Crippen molar-refractivity contribution in [1.29, 1.82) is 0 Å². The summed E-state index contributed by atoms with van der Waals surface area (Å²) in [6, 6.07) is 12.2. The van der Waals surface area contributed by atoms with Gasteiger partial charge in [0.25, 0.3) is 5.69 Å². The highest BCUT2D eigenvalue weighted by Crippen LogP contribution is 2.22. The summed E-state index contributed by atoms with van der Waals surface area (Å²) < 4.78 is 24.6. The van der Waals surface area contributed by atoms with Crippen molar-refractivity contribution in [1.82, 2.24) is 0 Å². The maximum absolute atomic E-state index is 11.9. The first kappa shape index (κ1) is 18.7. The first-order valence-electron chi connectivity index (χ1n) is 6.98. The summed E-state index contributed by atoms with van der Waals surface area (Å²) in [4.78, 5) is 22.8. The second-order valence-corrected chi connectivity index (χ2v) is 7.84. The molecule has 2 N–H and O–H groups in total. The molecule has 0 atom stereocenters. The first-order chi connectivity index (χ1) is 11.7. The Hall–Kier alpha value is -2.59. The Bertz CT molecular complexity index is 865. The highest BCUT2D eigenvalue weighted by atomic mass is 32.2. The minimum atomic E-state index is -3.34. The second-order valence-electron chi connectivity index (χ2n) is 5.04. The summed E-state index contributed by atoms with van der Waals surface area (Å²) in [5.74, 6) is -0.103. The summed E-state index contributed by atoms with van der Waals surface area (Å²) in [6.45, 7) is 0. The number of non-ortho nitro benzene ring substituents is 1. The molecular formula is C15H15N3O5S2. The van der Waals surface area contributed by atoms with Gasteiger partial charge in [-0.3, -0.25) is 19.6 Å². The van der Waals surface area contributed by atoms with Crippen molar-refractivity contribution in [3.05, 3.63) is 58.6 Å². The zero-order chi connectivity index (χ0) is 18.4. The van der Waals surface area contributed by atoms with E-state index in [1.807, 2.05) is 0 Å². The highest BCUT2D eigenvalue weighted by molar-refractivity contribution is 8.00. The molecule has 2 aromatic rings. The van der Waals surface area contributed by atoms with E-state index in [1.165, 1.54) is 23.9 Å². The van der Waals surface area contributed by atoms with Crippen molar-refractivity contribution in [3.8, 4) is 0 Å². The van der Waals surface area contributed by atoms with E-state index in [1.54, 1.807) is 36.4 Å². The van der Waals surface area contributed by atoms with Crippen molar-refractivity contribution in [3.63, 3.8) is 0 Å². The van der Waals surface area contributed by atoms with Crippen molar-refractivity contribution >= 4 is 44.8 Å². The molecule has 2 rings (SSSR count). The molecule has 25 heavy (non-hydrogen) atoms. The van der Waals surface area contributed by atoms with Crippen LogP contribution in [0, 0.1) is 10.1 Å². The predicted molar refractivity (Wildman–Crippen MR) is 97.4 cm³/mol. The molecule has 0 saturated heterocycles. The molecule has 132 valence electrons. The number of sulfonamides is 1. The van der Waals surface area contributed by atoms with Crippen LogP contribution >= 0.6 is 11.8 Å². The number of nitrogens with one attached hydrogen (secondary N) is 2. The number of benzene rings is 2. The van der Waals surface area contributed by atoms with Gasteiger partial charge >= 0.3 is 0 Å². The predicted octanol–water partition coefficient (Wildman–Crippen LogP) is 2.70. The molecule has 0 bridgehead atoms. The summed E-state index contributed by atoms with van der Waals surface area (Å²) in [5.41, 5.74) is 0.936. The normalized spacial score (nSPS) is 10.9. The quantitative estimate of drug-likeness (QED) is 0.432. The van der Waals surface area contributed by atoms with E-state index in [-0.39, 0.29) is 17.3 Å². The molecule has 8 nitrogen and oxygen atoms in total. The van der Waals surface area contributed by atoms with Gasteiger partial charge in [-0.2, -0.15) is 0 Å². The number of hydrogen-bond acceptors (Lipinski definition) is 6. The number of amides is 1. The fraction of sp³-hybridized carbons (Fsp3) is 0.133. The maximum atomic E-state index is 11.9. The van der Waals surface area contributed by atoms with E-state index in [4.69, 9.17) is 0 Å². The van der Waals surface area contributed by atoms with Crippen LogP contribution in [-0.2, 0) is 14.8 Å². The van der Waals surface area contributed by atoms with E-state index in [0.717, 1.165) is 11.2 Å². The molecule has 0 aliphatic rings. The standard InChI is InChI=1S/C15H15N3O5S2/c1-25(22,23)17-12-4-2-11(3-5-12)16-15(19)10-24-14-8-6-13(7-9-14)18(20)21/h2-9,17H,10H2,1H3,(H,16,19). The van der Waals surface area contributed by atoms with E-state index in [2.05, 4.69) is 10.0 Å². The zero-order valence-corrected chi connectivity index (χ0v) is 14.8. The highest BCUT2D eigenvalue weighted by Gasteiger charge is 2.07. The molecule has 0 aliphatic carbocycles. The number of nitrogens with zero attached hydrogens (tertiary/aromatic N) is 1. The Morgan fingerprint density at radius 3 is 2.16 bits per heavy atom. The Morgan fingerprint density at radius 2 is 1.64 bits per heavy atom. The molecule has 0 spiro atoms. The minimum Gasteiger partial charge on any atom is -0.325 e. The summed E-state index contributed by atoms with van der Waals surface area (Å²) in [7, 11) is -3.34. The van der Waals surface area contributed by atoms with Gasteiger partial charge in [0.1, 0.15) is 0 Å². The largest absolute Gasteiger partial charge is 0.325 e. The Morgan fingerprint density at radius 1 is 1.08 bits per heavy atom. The van der Waals surface area contributed by atoms with E-state index >= 15 is 0 Å². The minimum absolute atomic E-state index is 0.00315. The molecule has 2 aromatic carbocycles. The van der Waals surface area contributed by atoms with Gasteiger partial charge < -0.3 is 5.32 Å². The van der Waals surface area contributed by atoms with Crippen molar-refractivity contribution in [2.45, 2.75) is 4.90 Å². The summed E-state index contributed by atoms with van der Waals surface area (Å²) in [6.07, 6.45) is 1.05. The van der Waals surface area contributed by atoms with Gasteiger partial charge in [-0.15, -0.1) is 11.8 Å². The molecule has 0 saturated carbocycles. The SMILES string of the molecule is CS(=O)(=O)Nc1ccc(NC(=O)CSc2ccc([N+](=O)[O-])cc2)cc1. The van der Waals surface area contributed by atoms with Gasteiger partial charge in [0.05, 0.1) is 16.9 Å². The van der Waals surface area contributed by atoms with Crippen LogP contribution in [-0.4, -0.2) is 31.3 Å².